The fourth-order valence-electron chi connectivity index (χ4n) is 1.78. The highest BCUT2D eigenvalue weighted by Crippen LogP contribution is 2.23. The van der Waals surface area contributed by atoms with Gasteiger partial charge in [0.25, 0.3) is 11.6 Å². The van der Waals surface area contributed by atoms with Crippen LogP contribution >= 0.6 is 0 Å². The first-order valence-electron chi connectivity index (χ1n) is 5.47. The maximum absolute atomic E-state index is 13.8. The molecule has 8 heteroatoms. The molecule has 100 valence electrons. The fourth-order valence-corrected chi connectivity index (χ4v) is 1.78. The minimum Gasteiger partial charge on any atom is -0.475 e. The van der Waals surface area contributed by atoms with Crippen molar-refractivity contribution in [3.05, 3.63) is 47.9 Å². The van der Waals surface area contributed by atoms with Crippen LogP contribution in [0.25, 0.3) is 17.0 Å². The average molecular weight is 276 g/mol. The van der Waals surface area contributed by atoms with Crippen molar-refractivity contribution in [2.24, 2.45) is 0 Å². The number of nitrogens with zero attached hydrogens (tertiary/aromatic N) is 4. The predicted molar refractivity (Wildman–Crippen MR) is 63.1 cm³/mol. The molecule has 0 saturated heterocycles. The van der Waals surface area contributed by atoms with Crippen molar-refractivity contribution in [1.29, 1.82) is 0 Å². The number of carboxylic acid groups (broad SMARTS) is 1. The monoisotopic (exact) mass is 276 g/mol. The van der Waals surface area contributed by atoms with E-state index < -0.39 is 23.4 Å². The van der Waals surface area contributed by atoms with E-state index in [9.17, 15) is 13.6 Å². The van der Waals surface area contributed by atoms with Crippen molar-refractivity contribution in [1.82, 2.24) is 19.6 Å². The molecule has 3 rings (SSSR count). The largest absolute Gasteiger partial charge is 0.475 e. The molecule has 2 heterocycles. The number of hydrogen-bond acceptors (Lipinski definition) is 4. The van der Waals surface area contributed by atoms with Gasteiger partial charge in [0.1, 0.15) is 11.6 Å². The molecular formula is C12H6F2N4O2. The second-order valence-electron chi connectivity index (χ2n) is 3.91. The Hall–Kier alpha value is -2.90. The van der Waals surface area contributed by atoms with Crippen molar-refractivity contribution >= 4 is 11.7 Å². The predicted octanol–water partition coefficient (Wildman–Crippen LogP) is 1.77. The Kier molecular flexibility index (Phi) is 2.63. The average Bonchev–Trinajstić information content (AvgIpc) is 2.85. The molecule has 3 aromatic rings. The summed E-state index contributed by atoms with van der Waals surface area (Å²) in [6.45, 7) is 0. The normalized spacial score (nSPS) is 10.9. The Morgan fingerprint density at radius 2 is 2.05 bits per heavy atom. The van der Waals surface area contributed by atoms with Gasteiger partial charge in [0.15, 0.2) is 0 Å². The lowest BCUT2D eigenvalue weighted by molar-refractivity contribution is 0.0684. The molecule has 0 unspecified atom stereocenters. The summed E-state index contributed by atoms with van der Waals surface area (Å²) in [5, 5.41) is 12.6. The summed E-state index contributed by atoms with van der Waals surface area (Å²) in [4.78, 5) is 18.3. The van der Waals surface area contributed by atoms with Crippen LogP contribution in [0.5, 0.6) is 0 Å². The van der Waals surface area contributed by atoms with Crippen molar-refractivity contribution in [3.63, 3.8) is 0 Å². The Bertz CT molecular complexity index is 831. The molecule has 0 spiro atoms. The molecule has 1 N–H and O–H groups in total. The van der Waals surface area contributed by atoms with Gasteiger partial charge in [-0.25, -0.2) is 18.6 Å². The summed E-state index contributed by atoms with van der Waals surface area (Å²) in [6.07, 6.45) is 1.31. The van der Waals surface area contributed by atoms with Gasteiger partial charge in [-0.1, -0.05) is 0 Å². The third kappa shape index (κ3) is 1.87. The molecular weight excluding hydrogens is 270 g/mol. The highest BCUT2D eigenvalue weighted by molar-refractivity contribution is 5.83. The summed E-state index contributed by atoms with van der Waals surface area (Å²) in [5.74, 6) is -3.09. The summed E-state index contributed by atoms with van der Waals surface area (Å²) in [6, 6.07) is 4.35. The molecule has 0 aliphatic carbocycles. The first kappa shape index (κ1) is 12.2. The lowest BCUT2D eigenvalue weighted by Gasteiger charge is -2.04. The third-order valence-corrected chi connectivity index (χ3v) is 2.64. The van der Waals surface area contributed by atoms with Crippen LogP contribution in [0.2, 0.25) is 0 Å². The van der Waals surface area contributed by atoms with Crippen LogP contribution in [0, 0.1) is 11.6 Å². The molecule has 0 saturated carbocycles. The van der Waals surface area contributed by atoms with Crippen molar-refractivity contribution in [3.8, 4) is 11.3 Å². The summed E-state index contributed by atoms with van der Waals surface area (Å²) < 4.78 is 28.1. The number of halogens is 2. The van der Waals surface area contributed by atoms with E-state index in [1.807, 2.05) is 0 Å². The molecule has 0 aliphatic heterocycles. The van der Waals surface area contributed by atoms with E-state index >= 15 is 0 Å². The molecule has 2 aromatic heterocycles. The van der Waals surface area contributed by atoms with Gasteiger partial charge in [-0.3, -0.25) is 0 Å². The fraction of sp³-hybridized carbons (Fsp3) is 0. The van der Waals surface area contributed by atoms with Gasteiger partial charge in [0.05, 0.1) is 5.69 Å². The summed E-state index contributed by atoms with van der Waals surface area (Å²) in [7, 11) is 0. The number of hydrogen-bond donors (Lipinski definition) is 1. The lowest BCUT2D eigenvalue weighted by Crippen LogP contribution is -2.01. The van der Waals surface area contributed by atoms with E-state index in [1.54, 1.807) is 0 Å². The molecule has 0 bridgehead atoms. The molecule has 20 heavy (non-hydrogen) atoms. The number of fused-ring (bicyclic) bond motifs is 1. The number of benzene rings is 1. The molecule has 0 atom stereocenters. The van der Waals surface area contributed by atoms with Gasteiger partial charge in [-0.15, -0.1) is 5.10 Å². The van der Waals surface area contributed by atoms with Crippen LogP contribution in [0.15, 0.2) is 30.5 Å². The Balaban J connectivity index is 2.30. The maximum Gasteiger partial charge on any atom is 0.375 e. The number of rotatable bonds is 2. The van der Waals surface area contributed by atoms with E-state index in [2.05, 4.69) is 15.1 Å². The van der Waals surface area contributed by atoms with Crippen LogP contribution in [0.4, 0.5) is 8.78 Å². The van der Waals surface area contributed by atoms with Crippen LogP contribution in [-0.2, 0) is 0 Å². The smallest absolute Gasteiger partial charge is 0.375 e. The van der Waals surface area contributed by atoms with Crippen molar-refractivity contribution in [2.75, 3.05) is 0 Å². The van der Waals surface area contributed by atoms with Crippen LogP contribution < -0.4 is 0 Å². The van der Waals surface area contributed by atoms with E-state index in [1.165, 1.54) is 12.3 Å². The van der Waals surface area contributed by atoms with E-state index in [0.717, 1.165) is 22.7 Å². The van der Waals surface area contributed by atoms with Crippen LogP contribution in [-0.4, -0.2) is 30.7 Å². The Morgan fingerprint density at radius 3 is 2.80 bits per heavy atom. The standard InChI is InChI=1S/C12H6F2N4O2/c13-6-1-2-8(14)7(5-6)9-3-4-15-12-16-10(11(19)20)17-18(9)12/h1-5H,(H,19,20). The van der Waals surface area contributed by atoms with Gasteiger partial charge in [-0.05, 0) is 24.3 Å². The van der Waals surface area contributed by atoms with Gasteiger partial charge < -0.3 is 5.11 Å². The Labute approximate surface area is 110 Å². The first-order valence-corrected chi connectivity index (χ1v) is 5.47. The quantitative estimate of drug-likeness (QED) is 0.771. The molecule has 1 aromatic carbocycles. The zero-order valence-electron chi connectivity index (χ0n) is 9.79. The van der Waals surface area contributed by atoms with E-state index in [-0.39, 0.29) is 17.0 Å². The minimum absolute atomic E-state index is 0.0106. The maximum atomic E-state index is 13.8. The van der Waals surface area contributed by atoms with E-state index in [0.29, 0.717) is 0 Å². The molecule has 0 radical (unpaired) electrons. The number of aromatic nitrogens is 4. The number of carboxylic acids is 1. The Morgan fingerprint density at radius 1 is 1.25 bits per heavy atom. The number of aromatic carboxylic acids is 1. The lowest BCUT2D eigenvalue weighted by atomic mass is 10.1. The first-order chi connectivity index (χ1) is 9.56. The zero-order chi connectivity index (χ0) is 14.3. The van der Waals surface area contributed by atoms with Gasteiger partial charge in [0, 0.05) is 11.8 Å². The summed E-state index contributed by atoms with van der Waals surface area (Å²) in [5.41, 5.74) is 0.103. The van der Waals surface area contributed by atoms with Crippen LogP contribution in [0.1, 0.15) is 10.6 Å². The minimum atomic E-state index is -1.33. The van der Waals surface area contributed by atoms with Gasteiger partial charge in [-0.2, -0.15) is 9.50 Å². The van der Waals surface area contributed by atoms with E-state index in [4.69, 9.17) is 5.11 Å². The number of carbonyl (C=O) groups is 1. The molecule has 6 nitrogen and oxygen atoms in total. The second kappa shape index (κ2) is 4.34. The third-order valence-electron chi connectivity index (χ3n) is 2.64. The van der Waals surface area contributed by atoms with Crippen LogP contribution in [0.3, 0.4) is 0 Å². The SMILES string of the molecule is O=C(O)c1nc2nccc(-c3cc(F)ccc3F)n2n1. The second-order valence-corrected chi connectivity index (χ2v) is 3.91. The molecule has 0 fully saturated rings. The highest BCUT2D eigenvalue weighted by atomic mass is 19.1. The summed E-state index contributed by atoms with van der Waals surface area (Å²) >= 11 is 0. The van der Waals surface area contributed by atoms with Gasteiger partial charge >= 0.3 is 5.97 Å². The van der Waals surface area contributed by atoms with Gasteiger partial charge in [0.2, 0.25) is 0 Å². The topological polar surface area (TPSA) is 80.4 Å². The molecule has 0 amide bonds. The zero-order valence-corrected chi connectivity index (χ0v) is 9.79. The highest BCUT2D eigenvalue weighted by Gasteiger charge is 2.16. The van der Waals surface area contributed by atoms with Crippen molar-refractivity contribution < 1.29 is 18.7 Å². The molecule has 0 aliphatic rings. The van der Waals surface area contributed by atoms with Crippen molar-refractivity contribution in [2.45, 2.75) is 0 Å².